The van der Waals surface area contributed by atoms with E-state index in [0.717, 1.165) is 44.9 Å². The highest BCUT2D eigenvalue weighted by Crippen LogP contribution is 2.47. The normalized spacial score (nSPS) is 22.3. The van der Waals surface area contributed by atoms with Crippen LogP contribution in [0.15, 0.2) is 36.5 Å². The second kappa shape index (κ2) is 37.4. The van der Waals surface area contributed by atoms with E-state index in [4.69, 9.17) is 18.5 Å². The Morgan fingerprint density at radius 3 is 1.41 bits per heavy atom. The zero-order valence-corrected chi connectivity index (χ0v) is 38.6. The summed E-state index contributed by atoms with van der Waals surface area (Å²) in [4.78, 5) is 35.7. The maximum Gasteiger partial charge on any atom is 0.472 e. The lowest BCUT2D eigenvalue weighted by molar-refractivity contribution is -0.220. The van der Waals surface area contributed by atoms with Crippen molar-refractivity contribution in [2.45, 2.75) is 236 Å². The van der Waals surface area contributed by atoms with E-state index >= 15 is 0 Å². The Labute approximate surface area is 368 Å². The second-order valence-electron chi connectivity index (χ2n) is 16.6. The number of phosphoric acid groups is 1. The summed E-state index contributed by atoms with van der Waals surface area (Å²) >= 11 is 0. The van der Waals surface area contributed by atoms with Crippen LogP contribution in [-0.4, -0.2) is 98.3 Å². The van der Waals surface area contributed by atoms with Gasteiger partial charge < -0.3 is 39.9 Å². The molecule has 0 radical (unpaired) electrons. The minimum atomic E-state index is -5.13. The second-order valence-corrected chi connectivity index (χ2v) is 18.0. The number of hydrogen-bond acceptors (Lipinski definition) is 12. The van der Waals surface area contributed by atoms with Gasteiger partial charge >= 0.3 is 19.8 Å². The van der Waals surface area contributed by atoms with Crippen molar-refractivity contribution in [1.29, 1.82) is 0 Å². The Bertz CT molecular complexity index is 1210. The molecule has 1 aliphatic carbocycles. The fourth-order valence-electron chi connectivity index (χ4n) is 7.09. The van der Waals surface area contributed by atoms with Gasteiger partial charge in [-0.05, 0) is 64.2 Å². The molecule has 1 aliphatic rings. The summed E-state index contributed by atoms with van der Waals surface area (Å²) in [6.45, 7) is 3.25. The average Bonchev–Trinajstić information content (AvgIpc) is 3.24. The van der Waals surface area contributed by atoms with Crippen molar-refractivity contribution >= 4 is 19.8 Å². The molecule has 1 rings (SSSR count). The largest absolute Gasteiger partial charge is 0.472 e. The molecule has 0 amide bonds. The first-order chi connectivity index (χ1) is 29.4. The molecule has 1 saturated carbocycles. The standard InChI is InChI=1S/C47H85O13P/c1-3-5-7-9-11-13-15-17-19-20-22-24-26-28-30-32-34-36-41(49)59-39(38-58-61(55,56)60-47-45(53)43(51)42(50)44(52)46(47)54)37-57-40(48)35-33-31-29-27-25-23-21-18-16-14-12-10-8-6-4-2/h14,16,22,24,28,30,39,42-47,50-54H,3-13,15,17-21,23,25-27,29,31-38H2,1-2H3,(H,55,56)/b16-14+,24-22+,30-28+/t39-,42?,43+,44?,45?,46?,47?/m1/s1. The molecular formula is C47H85O13P. The molecule has 1 fully saturated rings. The first-order valence-electron chi connectivity index (χ1n) is 23.8. The van der Waals surface area contributed by atoms with Crippen LogP contribution >= 0.6 is 7.82 Å². The third-order valence-electron chi connectivity index (χ3n) is 11.0. The Morgan fingerprint density at radius 1 is 0.508 bits per heavy atom. The van der Waals surface area contributed by atoms with Gasteiger partial charge in [0.15, 0.2) is 6.10 Å². The van der Waals surface area contributed by atoms with E-state index in [0.29, 0.717) is 19.3 Å². The van der Waals surface area contributed by atoms with Gasteiger partial charge in [-0.2, -0.15) is 0 Å². The molecule has 13 nitrogen and oxygen atoms in total. The fourth-order valence-corrected chi connectivity index (χ4v) is 8.06. The van der Waals surface area contributed by atoms with Crippen molar-refractivity contribution in [3.05, 3.63) is 36.5 Å². The van der Waals surface area contributed by atoms with Crippen LogP contribution in [0.3, 0.4) is 0 Å². The number of carbonyl (C=O) groups excluding carboxylic acids is 2. The summed E-state index contributed by atoms with van der Waals surface area (Å²) < 4.78 is 33.5. The number of allylic oxidation sites excluding steroid dienone is 6. The number of unbranched alkanes of at least 4 members (excludes halogenated alkanes) is 21. The van der Waals surface area contributed by atoms with E-state index in [1.807, 2.05) is 12.2 Å². The van der Waals surface area contributed by atoms with Crippen LogP contribution in [0.4, 0.5) is 0 Å². The molecule has 61 heavy (non-hydrogen) atoms. The van der Waals surface area contributed by atoms with E-state index < -0.39 is 75.7 Å². The molecule has 6 N–H and O–H groups in total. The smallest absolute Gasteiger partial charge is 0.462 e. The summed E-state index contributed by atoms with van der Waals surface area (Å²) in [5.74, 6) is -1.15. The van der Waals surface area contributed by atoms with Crippen molar-refractivity contribution in [3.8, 4) is 0 Å². The Morgan fingerprint density at radius 2 is 0.902 bits per heavy atom. The van der Waals surface area contributed by atoms with Crippen LogP contribution in [0, 0.1) is 0 Å². The minimum absolute atomic E-state index is 0.0326. The zero-order chi connectivity index (χ0) is 45.0. The van der Waals surface area contributed by atoms with E-state index in [-0.39, 0.29) is 12.8 Å². The Kier molecular flexibility index (Phi) is 35.0. The highest BCUT2D eigenvalue weighted by Gasteiger charge is 2.51. The topological polar surface area (TPSA) is 210 Å². The summed E-state index contributed by atoms with van der Waals surface area (Å²) in [7, 11) is -5.13. The number of phosphoric ester groups is 1. The van der Waals surface area contributed by atoms with Crippen LogP contribution in [0.2, 0.25) is 0 Å². The Hall–Kier alpha value is -1.93. The predicted molar refractivity (Wildman–Crippen MR) is 240 cm³/mol. The quantitative estimate of drug-likeness (QED) is 0.0147. The molecule has 8 atom stereocenters. The molecule has 0 aromatic carbocycles. The van der Waals surface area contributed by atoms with Crippen LogP contribution in [-0.2, 0) is 32.7 Å². The van der Waals surface area contributed by atoms with Gasteiger partial charge in [-0.1, -0.05) is 153 Å². The van der Waals surface area contributed by atoms with E-state index in [2.05, 4.69) is 38.2 Å². The number of carbonyl (C=O) groups is 2. The van der Waals surface area contributed by atoms with Gasteiger partial charge in [0, 0.05) is 12.8 Å². The molecule has 0 saturated heterocycles. The molecule has 0 bridgehead atoms. The summed E-state index contributed by atoms with van der Waals surface area (Å²) in [6.07, 6.45) is 29.2. The maximum absolute atomic E-state index is 12.8. The number of ether oxygens (including phenoxy) is 2. The third kappa shape index (κ3) is 30.0. The predicted octanol–water partition coefficient (Wildman–Crippen LogP) is 9.39. The number of esters is 2. The van der Waals surface area contributed by atoms with Crippen LogP contribution in [0.5, 0.6) is 0 Å². The summed E-state index contributed by atoms with van der Waals surface area (Å²) in [6, 6.07) is 0. The molecule has 0 spiro atoms. The molecular weight excluding hydrogens is 803 g/mol. The molecule has 0 aromatic heterocycles. The number of aliphatic hydroxyl groups is 5. The van der Waals surface area contributed by atoms with Crippen molar-refractivity contribution in [2.75, 3.05) is 13.2 Å². The van der Waals surface area contributed by atoms with Crippen molar-refractivity contribution in [2.24, 2.45) is 0 Å². The van der Waals surface area contributed by atoms with Gasteiger partial charge in [-0.15, -0.1) is 0 Å². The van der Waals surface area contributed by atoms with Crippen molar-refractivity contribution < 1.29 is 63.1 Å². The van der Waals surface area contributed by atoms with E-state index in [1.165, 1.54) is 103 Å². The lowest BCUT2D eigenvalue weighted by atomic mass is 9.85. The molecule has 6 unspecified atom stereocenters. The number of aliphatic hydroxyl groups excluding tert-OH is 5. The fraction of sp³-hybridized carbons (Fsp3) is 0.830. The van der Waals surface area contributed by atoms with Gasteiger partial charge in [-0.25, -0.2) is 4.57 Å². The van der Waals surface area contributed by atoms with Gasteiger partial charge in [0.05, 0.1) is 6.61 Å². The van der Waals surface area contributed by atoms with Crippen LogP contribution in [0.1, 0.15) is 194 Å². The molecule has 0 aliphatic heterocycles. The SMILES string of the molecule is CCCCCC/C=C/CCCCCCCCCC(=O)OC[C@H](COP(=O)(O)OC1C(O)C(O)C(O)[C@H](O)C1O)OC(=O)CCC/C=C/C/C=C/CCCCCCCCCCC. The Balaban J connectivity index is 2.48. The van der Waals surface area contributed by atoms with Crippen molar-refractivity contribution in [3.63, 3.8) is 0 Å². The van der Waals surface area contributed by atoms with Gasteiger partial charge in [0.25, 0.3) is 0 Å². The summed E-state index contributed by atoms with van der Waals surface area (Å²) in [5.41, 5.74) is 0. The third-order valence-corrected chi connectivity index (χ3v) is 11.9. The molecule has 0 aromatic rings. The van der Waals surface area contributed by atoms with E-state index in [1.54, 1.807) is 0 Å². The first kappa shape index (κ1) is 57.1. The van der Waals surface area contributed by atoms with Crippen molar-refractivity contribution in [1.82, 2.24) is 0 Å². The first-order valence-corrected chi connectivity index (χ1v) is 25.3. The zero-order valence-electron chi connectivity index (χ0n) is 37.7. The highest BCUT2D eigenvalue weighted by atomic mass is 31.2. The molecule has 14 heteroatoms. The lowest BCUT2D eigenvalue weighted by Crippen LogP contribution is -2.64. The number of rotatable bonds is 39. The lowest BCUT2D eigenvalue weighted by Gasteiger charge is -2.41. The molecule has 0 heterocycles. The van der Waals surface area contributed by atoms with Gasteiger partial charge in [-0.3, -0.25) is 18.6 Å². The van der Waals surface area contributed by atoms with Crippen LogP contribution in [0.25, 0.3) is 0 Å². The summed E-state index contributed by atoms with van der Waals surface area (Å²) in [5, 5.41) is 50.1. The highest BCUT2D eigenvalue weighted by molar-refractivity contribution is 7.47. The van der Waals surface area contributed by atoms with Crippen LogP contribution < -0.4 is 0 Å². The minimum Gasteiger partial charge on any atom is -0.462 e. The molecule has 356 valence electrons. The van der Waals surface area contributed by atoms with Gasteiger partial charge in [0.2, 0.25) is 0 Å². The van der Waals surface area contributed by atoms with E-state index in [9.17, 15) is 44.6 Å². The van der Waals surface area contributed by atoms with Gasteiger partial charge in [0.1, 0.15) is 43.2 Å². The number of hydrogen-bond donors (Lipinski definition) is 6. The maximum atomic E-state index is 12.8. The average molecular weight is 889 g/mol. The monoisotopic (exact) mass is 889 g/mol.